The largest absolute Gasteiger partial charge is 0.368 e. The fourth-order valence-corrected chi connectivity index (χ4v) is 1.86. The molecule has 1 aromatic rings. The van der Waals surface area contributed by atoms with Crippen LogP contribution in [0.2, 0.25) is 0 Å². The minimum atomic E-state index is -0.793. The van der Waals surface area contributed by atoms with Gasteiger partial charge in [0.2, 0.25) is 0 Å². The van der Waals surface area contributed by atoms with Gasteiger partial charge in [0.1, 0.15) is 17.2 Å². The number of rotatable bonds is 1. The molecule has 2 atom stereocenters. The summed E-state index contributed by atoms with van der Waals surface area (Å²) in [6.45, 7) is 4.73. The molecule has 0 bridgehead atoms. The van der Waals surface area contributed by atoms with Crippen molar-refractivity contribution in [3.05, 3.63) is 35.4 Å². The van der Waals surface area contributed by atoms with Crippen LogP contribution in [0.3, 0.4) is 0 Å². The van der Waals surface area contributed by atoms with Crippen LogP contribution in [0.15, 0.2) is 18.2 Å². The minimum Gasteiger partial charge on any atom is -0.368 e. The lowest BCUT2D eigenvalue weighted by Crippen LogP contribution is -2.50. The zero-order chi connectivity index (χ0) is 11.8. The fourth-order valence-electron chi connectivity index (χ4n) is 1.86. The first kappa shape index (κ1) is 11.5. The predicted molar refractivity (Wildman–Crippen MR) is 57.1 cm³/mol. The van der Waals surface area contributed by atoms with E-state index >= 15 is 0 Å². The Labute approximate surface area is 93.6 Å². The van der Waals surface area contributed by atoms with Gasteiger partial charge in [0.05, 0.1) is 6.61 Å². The fraction of sp³-hybridized carbons (Fsp3) is 0.500. The van der Waals surface area contributed by atoms with Gasteiger partial charge in [-0.2, -0.15) is 0 Å². The summed E-state index contributed by atoms with van der Waals surface area (Å²) >= 11 is 0. The Hall–Kier alpha value is -1.00. The Balaban J connectivity index is 2.32. The van der Waals surface area contributed by atoms with Crippen LogP contribution in [0.1, 0.15) is 19.4 Å². The molecule has 2 rings (SSSR count). The highest BCUT2D eigenvalue weighted by molar-refractivity contribution is 5.26. The molecule has 0 amide bonds. The molecular weight excluding hydrogens is 212 g/mol. The summed E-state index contributed by atoms with van der Waals surface area (Å²) in [6, 6.07) is 3.69. The summed E-state index contributed by atoms with van der Waals surface area (Å²) in [4.78, 5) is 0. The summed E-state index contributed by atoms with van der Waals surface area (Å²) in [6.07, 6.45) is 0. The van der Waals surface area contributed by atoms with Crippen molar-refractivity contribution < 1.29 is 13.5 Å². The maximum absolute atomic E-state index is 13.6. The van der Waals surface area contributed by atoms with Crippen molar-refractivity contribution in [3.63, 3.8) is 0 Å². The summed E-state index contributed by atoms with van der Waals surface area (Å²) < 4.78 is 32.4. The second-order valence-electron chi connectivity index (χ2n) is 4.45. The van der Waals surface area contributed by atoms with Gasteiger partial charge in [-0.05, 0) is 32.0 Å². The lowest BCUT2D eigenvalue weighted by molar-refractivity contribution is -0.0749. The van der Waals surface area contributed by atoms with E-state index in [1.165, 1.54) is 6.07 Å². The topological polar surface area (TPSA) is 21.3 Å². The van der Waals surface area contributed by atoms with Crippen LogP contribution in [0.4, 0.5) is 8.78 Å². The zero-order valence-corrected chi connectivity index (χ0v) is 9.39. The molecule has 1 N–H and O–H groups in total. The molecule has 88 valence electrons. The van der Waals surface area contributed by atoms with Gasteiger partial charge >= 0.3 is 0 Å². The molecule has 0 radical (unpaired) electrons. The highest BCUT2D eigenvalue weighted by atomic mass is 19.1. The van der Waals surface area contributed by atoms with Gasteiger partial charge in [0, 0.05) is 18.2 Å². The second kappa shape index (κ2) is 4.11. The molecule has 1 fully saturated rings. The molecule has 1 aliphatic heterocycles. The summed E-state index contributed by atoms with van der Waals surface area (Å²) in [5.41, 5.74) is -0.523. The summed E-state index contributed by atoms with van der Waals surface area (Å²) in [7, 11) is 0. The predicted octanol–water partition coefficient (Wildman–Crippen LogP) is 2.19. The van der Waals surface area contributed by atoms with Crippen molar-refractivity contribution in [3.8, 4) is 0 Å². The SMILES string of the molecule is CC1COC(C)(c2cc(F)ccc2F)CN1. The lowest BCUT2D eigenvalue weighted by Gasteiger charge is -2.37. The minimum absolute atomic E-state index is 0.240. The van der Waals surface area contributed by atoms with Crippen LogP contribution in [0.25, 0.3) is 0 Å². The number of ether oxygens (including phenoxy) is 1. The molecule has 0 saturated carbocycles. The molecule has 0 aliphatic carbocycles. The number of hydrogen-bond donors (Lipinski definition) is 1. The molecule has 0 spiro atoms. The van der Waals surface area contributed by atoms with E-state index in [1.807, 2.05) is 6.92 Å². The Kier molecular flexibility index (Phi) is 2.95. The van der Waals surface area contributed by atoms with E-state index in [2.05, 4.69) is 5.32 Å². The van der Waals surface area contributed by atoms with Crippen molar-refractivity contribution in [1.82, 2.24) is 5.32 Å². The number of nitrogens with one attached hydrogen (secondary N) is 1. The summed E-state index contributed by atoms with van der Waals surface area (Å²) in [5, 5.41) is 3.20. The molecule has 0 aromatic heterocycles. The Morgan fingerprint density at radius 2 is 2.19 bits per heavy atom. The van der Waals surface area contributed by atoms with Crippen LogP contribution in [0, 0.1) is 11.6 Å². The van der Waals surface area contributed by atoms with Gasteiger partial charge in [0.15, 0.2) is 0 Å². The molecule has 16 heavy (non-hydrogen) atoms. The van der Waals surface area contributed by atoms with Crippen LogP contribution < -0.4 is 5.32 Å². The molecule has 2 unspecified atom stereocenters. The van der Waals surface area contributed by atoms with E-state index < -0.39 is 17.2 Å². The third-order valence-corrected chi connectivity index (χ3v) is 2.94. The highest BCUT2D eigenvalue weighted by Gasteiger charge is 2.34. The Morgan fingerprint density at radius 3 is 2.81 bits per heavy atom. The number of morpholine rings is 1. The average molecular weight is 227 g/mol. The number of benzene rings is 1. The van der Waals surface area contributed by atoms with Gasteiger partial charge in [-0.3, -0.25) is 0 Å². The molecule has 1 heterocycles. The quantitative estimate of drug-likeness (QED) is 0.794. The van der Waals surface area contributed by atoms with Crippen LogP contribution in [0.5, 0.6) is 0 Å². The average Bonchev–Trinajstić information content (AvgIpc) is 2.26. The van der Waals surface area contributed by atoms with Crippen LogP contribution in [-0.2, 0) is 10.3 Å². The Bertz CT molecular complexity index is 387. The third-order valence-electron chi connectivity index (χ3n) is 2.94. The third kappa shape index (κ3) is 2.08. The molecule has 1 saturated heterocycles. The number of halogens is 2. The lowest BCUT2D eigenvalue weighted by atomic mass is 9.93. The smallest absolute Gasteiger partial charge is 0.129 e. The molecule has 2 nitrogen and oxygen atoms in total. The van der Waals surface area contributed by atoms with E-state index in [0.29, 0.717) is 13.2 Å². The number of hydrogen-bond acceptors (Lipinski definition) is 2. The molecule has 4 heteroatoms. The van der Waals surface area contributed by atoms with E-state index in [0.717, 1.165) is 12.1 Å². The first-order valence-electron chi connectivity index (χ1n) is 5.34. The standard InChI is InChI=1S/C12H15F2NO/c1-8-6-16-12(2,7-15-8)10-5-9(13)3-4-11(10)14/h3-5,8,15H,6-7H2,1-2H3. The van der Waals surface area contributed by atoms with E-state index in [-0.39, 0.29) is 11.6 Å². The van der Waals surface area contributed by atoms with Gasteiger partial charge in [-0.15, -0.1) is 0 Å². The second-order valence-corrected chi connectivity index (χ2v) is 4.45. The van der Waals surface area contributed by atoms with Gasteiger partial charge in [-0.25, -0.2) is 8.78 Å². The monoisotopic (exact) mass is 227 g/mol. The maximum atomic E-state index is 13.6. The van der Waals surface area contributed by atoms with E-state index in [9.17, 15) is 8.78 Å². The van der Waals surface area contributed by atoms with Gasteiger partial charge < -0.3 is 10.1 Å². The molecule has 1 aromatic carbocycles. The van der Waals surface area contributed by atoms with Crippen LogP contribution in [-0.4, -0.2) is 19.2 Å². The summed E-state index contributed by atoms with van der Waals surface area (Å²) in [5.74, 6) is -0.875. The van der Waals surface area contributed by atoms with Crippen LogP contribution >= 0.6 is 0 Å². The first-order valence-corrected chi connectivity index (χ1v) is 5.34. The van der Waals surface area contributed by atoms with E-state index in [1.54, 1.807) is 6.92 Å². The van der Waals surface area contributed by atoms with Crippen molar-refractivity contribution >= 4 is 0 Å². The van der Waals surface area contributed by atoms with Crippen molar-refractivity contribution in [1.29, 1.82) is 0 Å². The molecule has 1 aliphatic rings. The van der Waals surface area contributed by atoms with Gasteiger partial charge in [-0.1, -0.05) is 0 Å². The highest BCUT2D eigenvalue weighted by Crippen LogP contribution is 2.30. The van der Waals surface area contributed by atoms with Crippen molar-refractivity contribution in [2.75, 3.05) is 13.2 Å². The maximum Gasteiger partial charge on any atom is 0.129 e. The molecular formula is C12H15F2NO. The van der Waals surface area contributed by atoms with Gasteiger partial charge in [0.25, 0.3) is 0 Å². The van der Waals surface area contributed by atoms with Crippen molar-refractivity contribution in [2.24, 2.45) is 0 Å². The van der Waals surface area contributed by atoms with Crippen molar-refractivity contribution in [2.45, 2.75) is 25.5 Å². The Morgan fingerprint density at radius 1 is 1.44 bits per heavy atom. The first-order chi connectivity index (χ1) is 7.51. The normalized spacial score (nSPS) is 30.4. The van der Waals surface area contributed by atoms with E-state index in [4.69, 9.17) is 4.74 Å². The zero-order valence-electron chi connectivity index (χ0n) is 9.39.